The van der Waals surface area contributed by atoms with E-state index in [2.05, 4.69) is 4.74 Å². The van der Waals surface area contributed by atoms with E-state index in [9.17, 15) is 0 Å². The van der Waals surface area contributed by atoms with Crippen molar-refractivity contribution in [3.05, 3.63) is 30.3 Å². The molecule has 4 heteroatoms. The Morgan fingerprint density at radius 3 is 2.67 bits per heavy atom. The van der Waals surface area contributed by atoms with Gasteiger partial charge in [0.25, 0.3) is 0 Å². The first kappa shape index (κ1) is 9.10. The third-order valence-corrected chi connectivity index (χ3v) is 1.25. The quantitative estimate of drug-likeness (QED) is 0.370. The number of para-hydroxylation sites is 1. The van der Waals surface area contributed by atoms with Crippen LogP contribution < -0.4 is 4.65 Å². The molecule has 0 bridgehead atoms. The van der Waals surface area contributed by atoms with E-state index in [1.54, 1.807) is 7.11 Å². The number of benzene rings is 1. The number of rotatable bonds is 5. The van der Waals surface area contributed by atoms with E-state index >= 15 is 0 Å². The molecule has 0 saturated heterocycles. The van der Waals surface area contributed by atoms with Crippen LogP contribution >= 0.6 is 0 Å². The maximum atomic E-state index is 5.21. The van der Waals surface area contributed by atoms with Crippen molar-refractivity contribution in [3.63, 3.8) is 0 Å². The molecule has 0 spiro atoms. The van der Waals surface area contributed by atoms with E-state index in [0.717, 1.165) is 5.75 Å². The van der Waals surface area contributed by atoms with Crippen LogP contribution in [0.15, 0.2) is 30.3 Å². The highest BCUT2D eigenvalue weighted by Crippen LogP contribution is 2.06. The van der Waals surface area contributed by atoms with Crippen molar-refractivity contribution >= 4 is 7.69 Å². The third kappa shape index (κ3) is 3.41. The Morgan fingerprint density at radius 2 is 2.00 bits per heavy atom. The largest absolute Gasteiger partial charge is 0.539 e. The summed E-state index contributed by atoms with van der Waals surface area (Å²) >= 11 is 0. The van der Waals surface area contributed by atoms with Crippen LogP contribution in [-0.4, -0.2) is 21.6 Å². The van der Waals surface area contributed by atoms with Gasteiger partial charge < -0.3 is 14.0 Å². The van der Waals surface area contributed by atoms with Gasteiger partial charge in [-0.3, -0.25) is 0 Å². The van der Waals surface area contributed by atoms with E-state index < -0.39 is 0 Å². The molecule has 0 amide bonds. The zero-order chi connectivity index (χ0) is 8.65. The van der Waals surface area contributed by atoms with Crippen LogP contribution in [0, 0.1) is 0 Å². The van der Waals surface area contributed by atoms with E-state index in [0.29, 0.717) is 0 Å². The van der Waals surface area contributed by atoms with Crippen LogP contribution in [0.2, 0.25) is 0 Å². The van der Waals surface area contributed by atoms with Gasteiger partial charge in [-0.25, -0.2) is 0 Å². The van der Waals surface area contributed by atoms with Crippen molar-refractivity contribution in [1.82, 2.24) is 0 Å². The topological polar surface area (TPSA) is 27.7 Å². The predicted octanol–water partition coefficient (Wildman–Crippen LogP) is 0.952. The van der Waals surface area contributed by atoms with Crippen molar-refractivity contribution in [2.24, 2.45) is 0 Å². The Kier molecular flexibility index (Phi) is 4.27. The Hall–Kier alpha value is -0.995. The fourth-order valence-corrected chi connectivity index (χ4v) is 0.744. The highest BCUT2D eigenvalue weighted by molar-refractivity contribution is 6.19. The molecule has 0 aromatic heterocycles. The van der Waals surface area contributed by atoms with Crippen molar-refractivity contribution in [1.29, 1.82) is 0 Å². The molecule has 0 saturated carbocycles. The smallest absolute Gasteiger partial charge is 0.508 e. The van der Waals surface area contributed by atoms with Gasteiger partial charge in [0.2, 0.25) is 0 Å². The molecule has 12 heavy (non-hydrogen) atoms. The zero-order valence-corrected chi connectivity index (χ0v) is 7.03. The van der Waals surface area contributed by atoms with Crippen molar-refractivity contribution in [2.75, 3.05) is 13.9 Å². The summed E-state index contributed by atoms with van der Waals surface area (Å²) in [6, 6.07) is 9.49. The van der Waals surface area contributed by atoms with Gasteiger partial charge in [0, 0.05) is 7.11 Å². The van der Waals surface area contributed by atoms with Gasteiger partial charge in [-0.15, -0.1) is 0 Å². The standard InChI is InChI=1S/C8H11BO3/c1-10-7-11-9-12-8-5-3-2-4-6-8/h2-6,9H,7H2,1H3. The average molecular weight is 166 g/mol. The Balaban J connectivity index is 2.16. The molecule has 0 aliphatic heterocycles. The molecular weight excluding hydrogens is 155 g/mol. The second kappa shape index (κ2) is 5.63. The SMILES string of the molecule is COCOBOc1ccccc1. The lowest BCUT2D eigenvalue weighted by atomic mass is 10.3. The lowest BCUT2D eigenvalue weighted by Gasteiger charge is -2.03. The summed E-state index contributed by atoms with van der Waals surface area (Å²) in [5.41, 5.74) is 0. The summed E-state index contributed by atoms with van der Waals surface area (Å²) in [6.07, 6.45) is 0. The molecule has 0 fully saturated rings. The van der Waals surface area contributed by atoms with Crippen LogP contribution in [0.1, 0.15) is 0 Å². The maximum Gasteiger partial charge on any atom is 0.508 e. The first-order valence-electron chi connectivity index (χ1n) is 3.68. The molecule has 0 aliphatic carbocycles. The number of methoxy groups -OCH3 is 1. The second-order valence-electron chi connectivity index (χ2n) is 2.19. The summed E-state index contributed by atoms with van der Waals surface area (Å²) in [7, 11) is 1.79. The van der Waals surface area contributed by atoms with Gasteiger partial charge >= 0.3 is 7.69 Å². The highest BCUT2D eigenvalue weighted by Gasteiger charge is 1.93. The lowest BCUT2D eigenvalue weighted by molar-refractivity contribution is 0.0450. The van der Waals surface area contributed by atoms with Gasteiger partial charge in [0.1, 0.15) is 12.5 Å². The summed E-state index contributed by atoms with van der Waals surface area (Å²) in [5.74, 6) is 0.800. The van der Waals surface area contributed by atoms with Crippen molar-refractivity contribution in [2.45, 2.75) is 0 Å². The normalized spacial score (nSPS) is 9.42. The van der Waals surface area contributed by atoms with E-state index in [1.165, 1.54) is 0 Å². The van der Waals surface area contributed by atoms with Gasteiger partial charge in [-0.2, -0.15) is 0 Å². The van der Waals surface area contributed by atoms with E-state index in [-0.39, 0.29) is 14.5 Å². The minimum absolute atomic E-state index is 0.220. The fraction of sp³-hybridized carbons (Fsp3) is 0.250. The molecule has 3 nitrogen and oxygen atoms in total. The monoisotopic (exact) mass is 166 g/mol. The van der Waals surface area contributed by atoms with Gasteiger partial charge in [-0.1, -0.05) is 18.2 Å². The summed E-state index contributed by atoms with van der Waals surface area (Å²) in [6.45, 7) is 0.257. The maximum absolute atomic E-state index is 5.21. The van der Waals surface area contributed by atoms with Crippen LogP contribution in [0.5, 0.6) is 5.75 Å². The first-order chi connectivity index (χ1) is 5.93. The van der Waals surface area contributed by atoms with Crippen LogP contribution in [0.25, 0.3) is 0 Å². The fourth-order valence-electron chi connectivity index (χ4n) is 0.744. The van der Waals surface area contributed by atoms with Crippen LogP contribution in [0.3, 0.4) is 0 Å². The van der Waals surface area contributed by atoms with Gasteiger partial charge in [-0.05, 0) is 12.1 Å². The Labute approximate surface area is 72.6 Å². The van der Waals surface area contributed by atoms with Gasteiger partial charge in [0.05, 0.1) is 0 Å². The molecule has 0 atom stereocenters. The third-order valence-electron chi connectivity index (χ3n) is 1.25. The first-order valence-corrected chi connectivity index (χ1v) is 3.68. The molecule has 0 aliphatic rings. The molecule has 0 radical (unpaired) electrons. The molecular formula is C8H11BO3. The number of ether oxygens (including phenoxy) is 1. The highest BCUT2D eigenvalue weighted by atomic mass is 16.7. The lowest BCUT2D eigenvalue weighted by Crippen LogP contribution is -2.09. The average Bonchev–Trinajstić information content (AvgIpc) is 2.14. The van der Waals surface area contributed by atoms with Gasteiger partial charge in [0.15, 0.2) is 0 Å². The minimum atomic E-state index is 0.220. The van der Waals surface area contributed by atoms with Crippen molar-refractivity contribution in [3.8, 4) is 5.75 Å². The molecule has 1 aromatic rings. The Bertz CT molecular complexity index is 203. The molecule has 1 rings (SSSR count). The number of hydrogen-bond donors (Lipinski definition) is 0. The summed E-state index contributed by atoms with van der Waals surface area (Å²) < 4.78 is 14.8. The predicted molar refractivity (Wildman–Crippen MR) is 47.2 cm³/mol. The molecule has 0 N–H and O–H groups in total. The molecule has 64 valence electrons. The van der Waals surface area contributed by atoms with Crippen LogP contribution in [-0.2, 0) is 9.39 Å². The van der Waals surface area contributed by atoms with E-state index in [4.69, 9.17) is 9.31 Å². The van der Waals surface area contributed by atoms with E-state index in [1.807, 2.05) is 30.3 Å². The zero-order valence-electron chi connectivity index (χ0n) is 7.03. The summed E-state index contributed by atoms with van der Waals surface area (Å²) in [4.78, 5) is 0. The molecule has 0 unspecified atom stereocenters. The summed E-state index contributed by atoms with van der Waals surface area (Å²) in [5, 5.41) is 0. The van der Waals surface area contributed by atoms with Crippen LogP contribution in [0.4, 0.5) is 0 Å². The molecule has 0 heterocycles. The number of hydrogen-bond acceptors (Lipinski definition) is 3. The second-order valence-corrected chi connectivity index (χ2v) is 2.19. The Morgan fingerprint density at radius 1 is 1.25 bits per heavy atom. The minimum Gasteiger partial charge on any atom is -0.539 e. The molecule has 1 aromatic carbocycles. The van der Waals surface area contributed by atoms with Crippen molar-refractivity contribution < 1.29 is 14.0 Å².